The molecule has 4 heterocycles. The first-order chi connectivity index (χ1) is 31.3. The maximum Gasteiger partial charge on any atom is 0.244 e. The van der Waals surface area contributed by atoms with Crippen molar-refractivity contribution in [1.82, 2.24) is 36.0 Å². The van der Waals surface area contributed by atoms with Crippen LogP contribution in [-0.2, 0) is 15.2 Å². The van der Waals surface area contributed by atoms with Gasteiger partial charge in [0.1, 0.15) is 36.6 Å². The molecule has 0 radical (unpaired) electrons. The molecule has 354 valence electrons. The van der Waals surface area contributed by atoms with Crippen LogP contribution in [0.2, 0.25) is 5.02 Å². The summed E-state index contributed by atoms with van der Waals surface area (Å²) in [5.74, 6) is -2.15. The second kappa shape index (κ2) is 18.7. The van der Waals surface area contributed by atoms with Crippen LogP contribution in [0.1, 0.15) is 64.7 Å². The molecule has 14 nitrogen and oxygen atoms in total. The van der Waals surface area contributed by atoms with Gasteiger partial charge in [0, 0.05) is 93.5 Å². The number of nitrogens with one attached hydrogen (secondary N) is 4. The Morgan fingerprint density at radius 1 is 1.00 bits per heavy atom. The van der Waals surface area contributed by atoms with Gasteiger partial charge in [-0.15, -0.1) is 0 Å². The van der Waals surface area contributed by atoms with Crippen molar-refractivity contribution >= 4 is 29.0 Å². The Balaban J connectivity index is 0.814. The predicted molar refractivity (Wildman–Crippen MR) is 246 cm³/mol. The average molecular weight is 932 g/mol. The third kappa shape index (κ3) is 9.36. The molecule has 0 bridgehead atoms. The molecule has 5 aliphatic rings. The summed E-state index contributed by atoms with van der Waals surface area (Å²) in [4.78, 5) is 32.5. The van der Waals surface area contributed by atoms with E-state index in [2.05, 4.69) is 64.8 Å². The Morgan fingerprint density at radius 2 is 1.70 bits per heavy atom. The molecule has 4 fully saturated rings. The molecule has 2 atom stereocenters. The maximum absolute atomic E-state index is 16.1. The third-order valence-corrected chi connectivity index (χ3v) is 14.5. The van der Waals surface area contributed by atoms with Crippen molar-refractivity contribution < 1.29 is 37.7 Å². The van der Waals surface area contributed by atoms with Gasteiger partial charge in [0.15, 0.2) is 17.3 Å². The lowest BCUT2D eigenvalue weighted by atomic mass is 9.49. The minimum Gasteiger partial charge on any atom is -0.489 e. The number of rotatable bonds is 13. The first-order valence-corrected chi connectivity index (χ1v) is 23.1. The van der Waals surface area contributed by atoms with Crippen LogP contribution in [0.15, 0.2) is 54.7 Å². The van der Waals surface area contributed by atoms with Gasteiger partial charge in [0.05, 0.1) is 28.1 Å². The van der Waals surface area contributed by atoms with E-state index < -0.39 is 29.0 Å². The van der Waals surface area contributed by atoms with Crippen molar-refractivity contribution in [2.24, 2.45) is 22.7 Å². The molecule has 2 unspecified atom stereocenters. The molecule has 0 aromatic heterocycles. The fourth-order valence-electron chi connectivity index (χ4n) is 10.7. The van der Waals surface area contributed by atoms with Crippen molar-refractivity contribution in [2.45, 2.75) is 78.0 Å². The summed E-state index contributed by atoms with van der Waals surface area (Å²) in [7, 11) is 1.69. The summed E-state index contributed by atoms with van der Waals surface area (Å²) in [6, 6.07) is 14.1. The number of ether oxygens (including phenoxy) is 3. The Labute approximate surface area is 390 Å². The third-order valence-electron chi connectivity index (χ3n) is 14.2. The largest absolute Gasteiger partial charge is 0.489 e. The summed E-state index contributed by atoms with van der Waals surface area (Å²) >= 11 is 6.26. The van der Waals surface area contributed by atoms with E-state index in [1.807, 2.05) is 0 Å². The molecular formula is C49H61ClF2N8O6. The first kappa shape index (κ1) is 47.6. The predicted octanol–water partition coefficient (Wildman–Crippen LogP) is 5.39. The highest BCUT2D eigenvalue weighted by molar-refractivity contribution is 6.31. The monoisotopic (exact) mass is 930 g/mol. The molecule has 66 heavy (non-hydrogen) atoms. The maximum atomic E-state index is 16.1. The topological polar surface area (TPSA) is 164 Å². The van der Waals surface area contributed by atoms with E-state index in [1.54, 1.807) is 63.5 Å². The van der Waals surface area contributed by atoms with Crippen molar-refractivity contribution in [3.63, 3.8) is 0 Å². The number of benzene rings is 3. The molecule has 0 spiro atoms. The first-order valence-electron chi connectivity index (χ1n) is 22.8. The second-order valence-corrected chi connectivity index (χ2v) is 20.3. The zero-order valence-corrected chi connectivity index (χ0v) is 39.4. The highest BCUT2D eigenvalue weighted by atomic mass is 35.5. The standard InChI is InChI=1S/C49H61ClF2N8O6/c1-47(2)44(48(3,4)45(47)65-31-10-8-28(24-53)35(50)23-31)57-42(61)29-25-55-46(56-26-29)60-18-16-59(17-19-60)20-21-64-41-36(51)11-13-38(39(41)52)66-37-12-9-30(49(5,6)63)22-33(37)34-27-58(7)43(62)40-32(34)14-15-54-40/h8-13,22-23,27,29,32,40,44-46,54-56,63H,14-21,25-26H2,1-7H3,(H,57,61). The van der Waals surface area contributed by atoms with Crippen LogP contribution >= 0.6 is 11.6 Å². The lowest BCUT2D eigenvalue weighted by Crippen LogP contribution is -2.75. The van der Waals surface area contributed by atoms with E-state index in [4.69, 9.17) is 25.8 Å². The SMILES string of the molecule is CN1C=C(c2cc(C(C)(C)O)ccc2Oc2ccc(F)c(OCCN3CCN(C4NCC(C(=O)NC5C(C)(C)C(Oc6ccc(C#N)c(Cl)c6)C5(C)C)CN4)CC3)c2F)C2CCNC2C1=O. The van der Waals surface area contributed by atoms with Crippen LogP contribution in [0, 0.1) is 45.6 Å². The van der Waals surface area contributed by atoms with Gasteiger partial charge in [-0.1, -0.05) is 45.4 Å². The van der Waals surface area contributed by atoms with Crippen molar-refractivity contribution in [2.75, 3.05) is 66.0 Å². The van der Waals surface area contributed by atoms with Gasteiger partial charge in [-0.3, -0.25) is 30.0 Å². The van der Waals surface area contributed by atoms with Gasteiger partial charge in [-0.25, -0.2) is 4.39 Å². The lowest BCUT2D eigenvalue weighted by Gasteiger charge is -2.63. The van der Waals surface area contributed by atoms with Crippen LogP contribution in [0.5, 0.6) is 23.0 Å². The zero-order chi connectivity index (χ0) is 47.3. The van der Waals surface area contributed by atoms with Crippen molar-refractivity contribution in [3.8, 4) is 29.1 Å². The van der Waals surface area contributed by atoms with Crippen LogP contribution in [0.3, 0.4) is 0 Å². The number of carbonyl (C=O) groups is 2. The second-order valence-electron chi connectivity index (χ2n) is 19.9. The number of likely N-dealkylation sites (N-methyl/N-ethyl adjacent to an activating group) is 1. The molecule has 4 aliphatic heterocycles. The highest BCUT2D eigenvalue weighted by Gasteiger charge is 2.64. The summed E-state index contributed by atoms with van der Waals surface area (Å²) in [5.41, 5.74) is 0.515. The Kier molecular flexibility index (Phi) is 13.5. The van der Waals surface area contributed by atoms with Crippen LogP contribution in [0.25, 0.3) is 5.57 Å². The van der Waals surface area contributed by atoms with Gasteiger partial charge in [0.2, 0.25) is 17.6 Å². The molecular weight excluding hydrogens is 870 g/mol. The molecule has 8 rings (SSSR count). The van der Waals surface area contributed by atoms with Gasteiger partial charge >= 0.3 is 0 Å². The Morgan fingerprint density at radius 3 is 2.36 bits per heavy atom. The van der Waals surface area contributed by atoms with Crippen LogP contribution in [-0.4, -0.2) is 122 Å². The summed E-state index contributed by atoms with van der Waals surface area (Å²) < 4.78 is 49.6. The van der Waals surface area contributed by atoms with Gasteiger partial charge in [-0.05, 0) is 74.3 Å². The number of hydrogen-bond donors (Lipinski definition) is 5. The molecule has 1 aliphatic carbocycles. The molecule has 5 N–H and O–H groups in total. The van der Waals surface area contributed by atoms with E-state index in [9.17, 15) is 20.0 Å². The summed E-state index contributed by atoms with van der Waals surface area (Å²) in [6.07, 6.45) is 2.18. The van der Waals surface area contributed by atoms with E-state index in [0.717, 1.165) is 24.7 Å². The number of aliphatic hydroxyl groups is 1. The lowest BCUT2D eigenvalue weighted by molar-refractivity contribution is -0.174. The minimum atomic E-state index is -1.18. The number of nitrogens with zero attached hydrogens (tertiary/aromatic N) is 4. The van der Waals surface area contributed by atoms with Crippen molar-refractivity contribution in [3.05, 3.63) is 88.1 Å². The number of piperazine rings is 1. The van der Waals surface area contributed by atoms with Crippen LogP contribution < -0.4 is 35.5 Å². The molecule has 17 heteroatoms. The van der Waals surface area contributed by atoms with E-state index >= 15 is 8.78 Å². The smallest absolute Gasteiger partial charge is 0.244 e. The van der Waals surface area contributed by atoms with Gasteiger partial charge in [-0.2, -0.15) is 9.65 Å². The quantitative estimate of drug-likeness (QED) is 0.149. The highest BCUT2D eigenvalue weighted by Crippen LogP contribution is 2.56. The minimum absolute atomic E-state index is 0.0245. The van der Waals surface area contributed by atoms with Gasteiger partial charge < -0.3 is 34.9 Å². The zero-order valence-electron chi connectivity index (χ0n) is 38.6. The van der Waals surface area contributed by atoms with Crippen LogP contribution in [0.4, 0.5) is 8.78 Å². The molecule has 3 saturated heterocycles. The summed E-state index contributed by atoms with van der Waals surface area (Å²) in [6.45, 7) is 16.8. The molecule has 2 amide bonds. The molecule has 1 saturated carbocycles. The number of nitriles is 1. The van der Waals surface area contributed by atoms with E-state index in [-0.39, 0.29) is 65.3 Å². The average Bonchev–Trinajstić information content (AvgIpc) is 3.79. The molecule has 3 aromatic carbocycles. The number of halogens is 3. The van der Waals surface area contributed by atoms with E-state index in [1.165, 1.54) is 11.0 Å². The number of amides is 2. The number of fused-ring (bicyclic) bond motifs is 1. The molecule has 3 aromatic rings. The fourth-order valence-corrected chi connectivity index (χ4v) is 10.9. The number of hydrogen-bond acceptors (Lipinski definition) is 12. The van der Waals surface area contributed by atoms with Gasteiger partial charge in [0.25, 0.3) is 0 Å². The number of carbonyl (C=O) groups excluding carboxylic acids is 2. The van der Waals surface area contributed by atoms with Crippen molar-refractivity contribution in [1.29, 1.82) is 5.26 Å². The summed E-state index contributed by atoms with van der Waals surface area (Å²) in [5, 5.41) is 34.1. The Hall–Kier alpha value is -4.86. The normalized spacial score (nSPS) is 26.4. The Bertz CT molecular complexity index is 2390. The van der Waals surface area contributed by atoms with E-state index in [0.29, 0.717) is 78.9 Å². The fraction of sp³-hybridized carbons (Fsp3) is 0.531.